The second-order valence-corrected chi connectivity index (χ2v) is 7.84. The van der Waals surface area contributed by atoms with Gasteiger partial charge in [0.25, 0.3) is 0 Å². The molecule has 0 saturated heterocycles. The predicted octanol–water partition coefficient (Wildman–Crippen LogP) is 3.94. The predicted molar refractivity (Wildman–Crippen MR) is 108 cm³/mol. The molecule has 0 spiro atoms. The molecule has 0 radical (unpaired) electrons. The van der Waals surface area contributed by atoms with E-state index in [-0.39, 0.29) is 29.9 Å². The number of benzene rings is 1. The van der Waals surface area contributed by atoms with Crippen molar-refractivity contribution < 1.29 is 9.90 Å². The lowest BCUT2D eigenvalue weighted by molar-refractivity contribution is -0.134. The van der Waals surface area contributed by atoms with Crippen molar-refractivity contribution in [3.63, 3.8) is 0 Å². The number of fused-ring (bicyclic) bond motifs is 3. The smallest absolute Gasteiger partial charge is 0.220 e. The maximum Gasteiger partial charge on any atom is 0.220 e. The van der Waals surface area contributed by atoms with Crippen LogP contribution in [0, 0.1) is 0 Å². The summed E-state index contributed by atoms with van der Waals surface area (Å²) < 4.78 is 0. The van der Waals surface area contributed by atoms with Crippen LogP contribution < -0.4 is 5.32 Å². The van der Waals surface area contributed by atoms with Crippen LogP contribution in [0.5, 0.6) is 5.88 Å². The maximum absolute atomic E-state index is 13.0. The first-order valence-corrected chi connectivity index (χ1v) is 9.93. The number of carbonyl (C=O) groups is 1. The van der Waals surface area contributed by atoms with Gasteiger partial charge in [-0.25, -0.2) is 0 Å². The van der Waals surface area contributed by atoms with Gasteiger partial charge in [-0.1, -0.05) is 31.0 Å². The Kier molecular flexibility index (Phi) is 4.00. The van der Waals surface area contributed by atoms with Crippen molar-refractivity contribution >= 4 is 22.4 Å². The van der Waals surface area contributed by atoms with Gasteiger partial charge in [0, 0.05) is 36.9 Å². The summed E-state index contributed by atoms with van der Waals surface area (Å²) in [6.07, 6.45) is 9.68. The van der Waals surface area contributed by atoms with Gasteiger partial charge in [0.15, 0.2) is 5.88 Å². The topological polar surface area (TPSA) is 81.2 Å². The number of hydrogen-bond donors (Lipinski definition) is 3. The van der Waals surface area contributed by atoms with E-state index in [1.165, 1.54) is 0 Å². The van der Waals surface area contributed by atoms with Crippen LogP contribution in [-0.2, 0) is 4.79 Å². The van der Waals surface area contributed by atoms with Crippen LogP contribution in [0.1, 0.15) is 49.8 Å². The van der Waals surface area contributed by atoms with Crippen molar-refractivity contribution in [3.05, 3.63) is 54.0 Å². The number of nitrogens with zero attached hydrogens (tertiary/aromatic N) is 2. The van der Waals surface area contributed by atoms with Gasteiger partial charge in [-0.3, -0.25) is 9.78 Å². The van der Waals surface area contributed by atoms with Crippen molar-refractivity contribution in [2.45, 2.75) is 50.7 Å². The van der Waals surface area contributed by atoms with Crippen LogP contribution >= 0.6 is 0 Å². The lowest BCUT2D eigenvalue weighted by atomic mass is 9.87. The molecule has 5 rings (SSSR count). The van der Waals surface area contributed by atoms with E-state index >= 15 is 0 Å². The summed E-state index contributed by atoms with van der Waals surface area (Å²) in [5, 5.41) is 16.4. The normalized spacial score (nSPS) is 24.2. The van der Waals surface area contributed by atoms with E-state index in [0.29, 0.717) is 0 Å². The molecule has 3 heterocycles. The minimum atomic E-state index is -0.368. The number of carbonyl (C=O) groups excluding carboxylic acids is 1. The van der Waals surface area contributed by atoms with Crippen LogP contribution in [-0.4, -0.2) is 38.0 Å². The van der Waals surface area contributed by atoms with E-state index in [1.807, 2.05) is 35.5 Å². The highest BCUT2D eigenvalue weighted by Crippen LogP contribution is 2.46. The quantitative estimate of drug-likeness (QED) is 0.601. The monoisotopic (exact) mass is 376 g/mol. The average molecular weight is 376 g/mol. The third-order valence-electron chi connectivity index (χ3n) is 6.25. The standard InChI is InChI=1S/C22H24N4O2/c1-13(27)26-19-8-3-2-7-17(19)25-18-12-24-22(28)20(18)21(26)15-6-4-5-14-9-10-23-11-16(14)15/h4-6,9-12,17,19,21,24-25,28H,2-3,7-8H2,1H3/t17-,19-,21-/m1/s1. The van der Waals surface area contributed by atoms with Gasteiger partial charge < -0.3 is 20.3 Å². The number of H-pyrrole nitrogens is 1. The molecule has 2 aromatic heterocycles. The van der Waals surface area contributed by atoms with E-state index in [0.717, 1.165) is 53.3 Å². The highest BCUT2D eigenvalue weighted by Gasteiger charge is 2.42. The molecule has 0 bridgehead atoms. The van der Waals surface area contributed by atoms with Gasteiger partial charge in [-0.15, -0.1) is 0 Å². The highest BCUT2D eigenvalue weighted by atomic mass is 16.3. The molecule has 1 aliphatic carbocycles. The van der Waals surface area contributed by atoms with Gasteiger partial charge in [-0.05, 0) is 29.9 Å². The van der Waals surface area contributed by atoms with Crippen molar-refractivity contribution in [3.8, 4) is 5.88 Å². The average Bonchev–Trinajstić information content (AvgIpc) is 2.98. The largest absolute Gasteiger partial charge is 0.494 e. The number of nitrogens with one attached hydrogen (secondary N) is 2. The van der Waals surface area contributed by atoms with Gasteiger partial charge in [0.1, 0.15) is 0 Å². The Morgan fingerprint density at radius 2 is 2.11 bits per heavy atom. The summed E-state index contributed by atoms with van der Waals surface area (Å²) in [4.78, 5) is 22.2. The van der Waals surface area contributed by atoms with Gasteiger partial charge in [0.2, 0.25) is 5.91 Å². The fourth-order valence-electron chi connectivity index (χ4n) is 5.06. The van der Waals surface area contributed by atoms with Crippen molar-refractivity contribution in [1.29, 1.82) is 0 Å². The number of amides is 1. The Morgan fingerprint density at radius 3 is 2.96 bits per heavy atom. The van der Waals surface area contributed by atoms with E-state index in [2.05, 4.69) is 21.4 Å². The Bertz CT molecular complexity index is 1040. The Labute approximate surface area is 163 Å². The molecule has 0 unspecified atom stereocenters. The molecule has 6 nitrogen and oxygen atoms in total. The first kappa shape index (κ1) is 17.1. The molecule has 3 aromatic rings. The highest BCUT2D eigenvalue weighted by molar-refractivity contribution is 5.87. The molecular formula is C22H24N4O2. The number of aromatic amines is 1. The summed E-state index contributed by atoms with van der Waals surface area (Å²) in [7, 11) is 0. The van der Waals surface area contributed by atoms with Gasteiger partial charge in [0.05, 0.1) is 23.3 Å². The first-order chi connectivity index (χ1) is 13.6. The molecule has 6 heteroatoms. The zero-order valence-corrected chi connectivity index (χ0v) is 15.9. The molecule has 2 aliphatic rings. The molecule has 1 fully saturated rings. The first-order valence-electron chi connectivity index (χ1n) is 9.93. The second-order valence-electron chi connectivity index (χ2n) is 7.84. The van der Waals surface area contributed by atoms with Crippen molar-refractivity contribution in [2.24, 2.45) is 0 Å². The number of aromatic nitrogens is 2. The van der Waals surface area contributed by atoms with Crippen LogP contribution in [0.4, 0.5) is 5.69 Å². The molecule has 1 aliphatic heterocycles. The van der Waals surface area contributed by atoms with Crippen LogP contribution in [0.25, 0.3) is 10.8 Å². The van der Waals surface area contributed by atoms with Crippen molar-refractivity contribution in [1.82, 2.24) is 14.9 Å². The molecular weight excluding hydrogens is 352 g/mol. The molecule has 144 valence electrons. The number of pyridine rings is 1. The van der Waals surface area contributed by atoms with E-state index in [4.69, 9.17) is 0 Å². The molecule has 3 N–H and O–H groups in total. The molecule has 1 amide bonds. The number of hydrogen-bond acceptors (Lipinski definition) is 4. The molecule has 28 heavy (non-hydrogen) atoms. The summed E-state index contributed by atoms with van der Waals surface area (Å²) in [6, 6.07) is 7.99. The maximum atomic E-state index is 13.0. The SMILES string of the molecule is CC(=O)N1[C@H](c2cccc3ccncc23)c2c(c[nH]c2O)N[C@@H]2CCCC[C@H]21. The van der Waals surface area contributed by atoms with Crippen LogP contribution in [0.2, 0.25) is 0 Å². The van der Waals surface area contributed by atoms with Gasteiger partial charge >= 0.3 is 0 Å². The molecule has 3 atom stereocenters. The Balaban J connectivity index is 1.79. The number of anilines is 1. The number of rotatable bonds is 1. The fraction of sp³-hybridized carbons (Fsp3) is 0.364. The summed E-state index contributed by atoms with van der Waals surface area (Å²) in [5.74, 6) is 0.135. The van der Waals surface area contributed by atoms with E-state index in [1.54, 1.807) is 13.1 Å². The lowest BCUT2D eigenvalue weighted by Crippen LogP contribution is -2.50. The zero-order chi connectivity index (χ0) is 19.3. The number of aromatic hydroxyl groups is 1. The fourth-order valence-corrected chi connectivity index (χ4v) is 5.06. The van der Waals surface area contributed by atoms with E-state index in [9.17, 15) is 9.90 Å². The minimum Gasteiger partial charge on any atom is -0.494 e. The van der Waals surface area contributed by atoms with Gasteiger partial charge in [-0.2, -0.15) is 0 Å². The summed E-state index contributed by atoms with van der Waals surface area (Å²) in [5.41, 5.74) is 2.61. The zero-order valence-electron chi connectivity index (χ0n) is 15.9. The summed E-state index contributed by atoms with van der Waals surface area (Å²) >= 11 is 0. The minimum absolute atomic E-state index is 0.0260. The molecule has 1 aromatic carbocycles. The van der Waals surface area contributed by atoms with E-state index < -0.39 is 0 Å². The second kappa shape index (κ2) is 6.55. The Morgan fingerprint density at radius 1 is 1.25 bits per heavy atom. The van der Waals surface area contributed by atoms with Crippen molar-refractivity contribution in [2.75, 3.05) is 5.32 Å². The third-order valence-corrected chi connectivity index (χ3v) is 6.25. The summed E-state index contributed by atoms with van der Waals surface area (Å²) in [6.45, 7) is 1.64. The lowest BCUT2D eigenvalue weighted by Gasteiger charge is -2.41. The van der Waals surface area contributed by atoms with Crippen LogP contribution in [0.3, 0.4) is 0 Å². The molecule has 1 saturated carbocycles. The Hall–Kier alpha value is -3.02. The third kappa shape index (κ3) is 2.55. The van der Waals surface area contributed by atoms with Crippen LogP contribution in [0.15, 0.2) is 42.9 Å².